The second-order valence-electron chi connectivity index (χ2n) is 5.86. The van der Waals surface area contributed by atoms with E-state index in [1.807, 2.05) is 13.8 Å². The minimum Gasteiger partial charge on any atom is -0.457 e. The Bertz CT molecular complexity index is 255. The fourth-order valence-electron chi connectivity index (χ4n) is 2.53. The zero-order valence-electron chi connectivity index (χ0n) is 11.5. The molecule has 0 radical (unpaired) electrons. The summed E-state index contributed by atoms with van der Waals surface area (Å²) in [6.45, 7) is 7.73. The minimum absolute atomic E-state index is 0.191. The van der Waals surface area contributed by atoms with Gasteiger partial charge in [0.15, 0.2) is 6.17 Å². The molecule has 0 spiro atoms. The van der Waals surface area contributed by atoms with Crippen LogP contribution in [0.5, 0.6) is 0 Å². The summed E-state index contributed by atoms with van der Waals surface area (Å²) in [5.74, 6) is 0.435. The summed E-state index contributed by atoms with van der Waals surface area (Å²) in [7, 11) is 0. The van der Waals surface area contributed by atoms with E-state index in [4.69, 9.17) is 4.74 Å². The van der Waals surface area contributed by atoms with E-state index < -0.39 is 17.7 Å². The van der Waals surface area contributed by atoms with Crippen molar-refractivity contribution in [2.45, 2.75) is 71.6 Å². The lowest BCUT2D eigenvalue weighted by Gasteiger charge is -2.38. The highest BCUT2D eigenvalue weighted by Gasteiger charge is 2.36. The number of carbonyl (C=O) groups is 1. The smallest absolute Gasteiger partial charge is 0.341 e. The summed E-state index contributed by atoms with van der Waals surface area (Å²) in [5, 5.41) is 0. The van der Waals surface area contributed by atoms with Gasteiger partial charge < -0.3 is 4.74 Å². The highest BCUT2D eigenvalue weighted by molar-refractivity contribution is 5.74. The number of carbonyl (C=O) groups excluding carboxylic acids is 1. The molecule has 1 aliphatic carbocycles. The first-order valence-electron chi connectivity index (χ1n) is 6.73. The molecule has 17 heavy (non-hydrogen) atoms. The molecule has 1 fully saturated rings. The Morgan fingerprint density at radius 1 is 1.35 bits per heavy atom. The van der Waals surface area contributed by atoms with Crippen LogP contribution in [0.25, 0.3) is 0 Å². The summed E-state index contributed by atoms with van der Waals surface area (Å²) in [6, 6.07) is 0. The quantitative estimate of drug-likeness (QED) is 0.701. The molecule has 100 valence electrons. The molecule has 0 heterocycles. The number of alkyl halides is 1. The number of esters is 1. The Kier molecular flexibility index (Phi) is 4.96. The first kappa shape index (κ1) is 14.5. The summed E-state index contributed by atoms with van der Waals surface area (Å²) in [6.07, 6.45) is 3.22. The van der Waals surface area contributed by atoms with Crippen LogP contribution in [-0.2, 0) is 9.53 Å². The highest BCUT2D eigenvalue weighted by atomic mass is 19.1. The molecule has 0 aromatic carbocycles. The van der Waals surface area contributed by atoms with Gasteiger partial charge in [0, 0.05) is 0 Å². The standard InChI is InChI=1S/C14H25FO2/c1-5-12(15)13(16)17-14(3,4)11-8-6-10(2)7-9-11/h10-12H,5-9H2,1-4H3. The predicted octanol–water partition coefficient (Wildman–Crippen LogP) is 3.88. The van der Waals surface area contributed by atoms with Crippen molar-refractivity contribution in [1.29, 1.82) is 0 Å². The van der Waals surface area contributed by atoms with Crippen LogP contribution in [0.15, 0.2) is 0 Å². The molecule has 0 bridgehead atoms. The van der Waals surface area contributed by atoms with Crippen molar-refractivity contribution in [3.05, 3.63) is 0 Å². The number of halogens is 1. The lowest BCUT2D eigenvalue weighted by atomic mass is 9.75. The van der Waals surface area contributed by atoms with E-state index in [9.17, 15) is 9.18 Å². The van der Waals surface area contributed by atoms with Gasteiger partial charge in [0.1, 0.15) is 5.60 Å². The van der Waals surface area contributed by atoms with Crippen LogP contribution in [0.1, 0.15) is 59.8 Å². The molecule has 0 aromatic heterocycles. The van der Waals surface area contributed by atoms with Crippen LogP contribution < -0.4 is 0 Å². The van der Waals surface area contributed by atoms with E-state index >= 15 is 0 Å². The topological polar surface area (TPSA) is 26.3 Å². The van der Waals surface area contributed by atoms with Crippen LogP contribution in [-0.4, -0.2) is 17.7 Å². The van der Waals surface area contributed by atoms with Gasteiger partial charge in [-0.1, -0.05) is 26.7 Å². The molecule has 1 atom stereocenters. The molecule has 1 aliphatic rings. The Hall–Kier alpha value is -0.600. The molecule has 1 saturated carbocycles. The fraction of sp³-hybridized carbons (Fsp3) is 0.929. The Labute approximate surface area is 104 Å². The molecule has 2 nitrogen and oxygen atoms in total. The van der Waals surface area contributed by atoms with Crippen LogP contribution in [0.2, 0.25) is 0 Å². The molecule has 0 aliphatic heterocycles. The average molecular weight is 244 g/mol. The SMILES string of the molecule is CCC(F)C(=O)OC(C)(C)C1CCC(C)CC1. The zero-order valence-corrected chi connectivity index (χ0v) is 11.5. The van der Waals surface area contributed by atoms with E-state index in [0.717, 1.165) is 18.8 Å². The van der Waals surface area contributed by atoms with E-state index in [0.29, 0.717) is 5.92 Å². The van der Waals surface area contributed by atoms with Crippen LogP contribution in [0, 0.1) is 11.8 Å². The van der Waals surface area contributed by atoms with Crippen LogP contribution >= 0.6 is 0 Å². The lowest BCUT2D eigenvalue weighted by Crippen LogP contribution is -2.40. The molecular formula is C14H25FO2. The van der Waals surface area contributed by atoms with Gasteiger partial charge in [-0.2, -0.15) is 0 Å². The second-order valence-corrected chi connectivity index (χ2v) is 5.86. The molecular weight excluding hydrogens is 219 g/mol. The van der Waals surface area contributed by atoms with Crippen molar-refractivity contribution in [2.24, 2.45) is 11.8 Å². The van der Waals surface area contributed by atoms with Crippen molar-refractivity contribution >= 4 is 5.97 Å². The maximum Gasteiger partial charge on any atom is 0.341 e. The number of rotatable bonds is 4. The lowest BCUT2D eigenvalue weighted by molar-refractivity contribution is -0.169. The maximum absolute atomic E-state index is 13.2. The summed E-state index contributed by atoms with van der Waals surface area (Å²) in [5.41, 5.74) is -0.531. The van der Waals surface area contributed by atoms with E-state index in [1.54, 1.807) is 6.92 Å². The Balaban J connectivity index is 2.52. The van der Waals surface area contributed by atoms with E-state index in [1.165, 1.54) is 12.8 Å². The molecule has 0 amide bonds. The van der Waals surface area contributed by atoms with Crippen molar-refractivity contribution in [1.82, 2.24) is 0 Å². The molecule has 0 saturated heterocycles. The summed E-state index contributed by atoms with van der Waals surface area (Å²) >= 11 is 0. The number of ether oxygens (including phenoxy) is 1. The van der Waals surface area contributed by atoms with Gasteiger partial charge in [-0.15, -0.1) is 0 Å². The third-order valence-electron chi connectivity index (χ3n) is 3.98. The molecule has 1 rings (SSSR count). The van der Waals surface area contributed by atoms with Crippen molar-refractivity contribution in [2.75, 3.05) is 0 Å². The van der Waals surface area contributed by atoms with Gasteiger partial charge in [0.05, 0.1) is 0 Å². The molecule has 3 heteroatoms. The molecule has 0 aromatic rings. The monoisotopic (exact) mass is 244 g/mol. The van der Waals surface area contributed by atoms with Gasteiger partial charge in [-0.25, -0.2) is 9.18 Å². The predicted molar refractivity (Wildman–Crippen MR) is 66.5 cm³/mol. The van der Waals surface area contributed by atoms with Crippen LogP contribution in [0.4, 0.5) is 4.39 Å². The first-order valence-corrected chi connectivity index (χ1v) is 6.73. The average Bonchev–Trinajstić information content (AvgIpc) is 2.27. The minimum atomic E-state index is -1.48. The normalized spacial score (nSPS) is 27.6. The van der Waals surface area contributed by atoms with Crippen molar-refractivity contribution < 1.29 is 13.9 Å². The summed E-state index contributed by atoms with van der Waals surface area (Å²) in [4.78, 5) is 11.5. The molecule has 0 N–H and O–H groups in total. The summed E-state index contributed by atoms with van der Waals surface area (Å²) < 4.78 is 18.6. The second kappa shape index (κ2) is 5.83. The van der Waals surface area contributed by atoms with Crippen molar-refractivity contribution in [3.8, 4) is 0 Å². The Morgan fingerprint density at radius 3 is 2.35 bits per heavy atom. The third kappa shape index (κ3) is 3.97. The molecule has 1 unspecified atom stereocenters. The van der Waals surface area contributed by atoms with E-state index in [2.05, 4.69) is 6.92 Å². The number of hydrogen-bond donors (Lipinski definition) is 0. The van der Waals surface area contributed by atoms with Gasteiger partial charge in [0.2, 0.25) is 0 Å². The van der Waals surface area contributed by atoms with Gasteiger partial charge in [-0.05, 0) is 44.9 Å². The van der Waals surface area contributed by atoms with Gasteiger partial charge >= 0.3 is 5.97 Å². The van der Waals surface area contributed by atoms with Crippen molar-refractivity contribution in [3.63, 3.8) is 0 Å². The van der Waals surface area contributed by atoms with Gasteiger partial charge in [-0.3, -0.25) is 0 Å². The highest BCUT2D eigenvalue weighted by Crippen LogP contribution is 2.37. The van der Waals surface area contributed by atoms with Crippen LogP contribution in [0.3, 0.4) is 0 Å². The Morgan fingerprint density at radius 2 is 1.88 bits per heavy atom. The largest absolute Gasteiger partial charge is 0.457 e. The zero-order chi connectivity index (χ0) is 13.1. The maximum atomic E-state index is 13.2. The fourth-order valence-corrected chi connectivity index (χ4v) is 2.53. The number of hydrogen-bond acceptors (Lipinski definition) is 2. The van der Waals surface area contributed by atoms with E-state index in [-0.39, 0.29) is 6.42 Å². The van der Waals surface area contributed by atoms with Gasteiger partial charge in [0.25, 0.3) is 0 Å². The first-order chi connectivity index (χ1) is 7.86. The third-order valence-corrected chi connectivity index (χ3v) is 3.98.